The van der Waals surface area contributed by atoms with Gasteiger partial charge in [-0.2, -0.15) is 0 Å². The quantitative estimate of drug-likeness (QED) is 0.794. The van der Waals surface area contributed by atoms with E-state index >= 15 is 0 Å². The van der Waals surface area contributed by atoms with Crippen molar-refractivity contribution in [2.24, 2.45) is 5.73 Å². The number of benzene rings is 1. The number of carbonyl (C=O) groups excluding carboxylic acids is 1. The Morgan fingerprint density at radius 3 is 2.29 bits per heavy atom. The van der Waals surface area contributed by atoms with E-state index in [0.717, 1.165) is 35.8 Å². The lowest BCUT2D eigenvalue weighted by molar-refractivity contribution is 0.111. The van der Waals surface area contributed by atoms with Gasteiger partial charge in [0.2, 0.25) is 0 Å². The molecule has 1 aromatic rings. The minimum absolute atomic E-state index is 0.285. The monoisotopic (exact) mass is 231 g/mol. The molecule has 0 saturated heterocycles. The number of rotatable bonds is 2. The summed E-state index contributed by atoms with van der Waals surface area (Å²) in [5.74, 6) is 0. The molecular weight excluding hydrogens is 210 g/mol. The van der Waals surface area contributed by atoms with Gasteiger partial charge in [-0.15, -0.1) is 0 Å². The summed E-state index contributed by atoms with van der Waals surface area (Å²) in [5, 5.41) is 0. The van der Waals surface area contributed by atoms with E-state index in [-0.39, 0.29) is 5.54 Å². The minimum Gasteiger partial charge on any atom is -0.321 e. The lowest BCUT2D eigenvalue weighted by atomic mass is 9.75. The van der Waals surface area contributed by atoms with E-state index in [2.05, 4.69) is 13.0 Å². The first-order chi connectivity index (χ1) is 8.07. The van der Waals surface area contributed by atoms with Crippen molar-refractivity contribution >= 4 is 6.29 Å². The molecule has 2 N–H and O–H groups in total. The van der Waals surface area contributed by atoms with Gasteiger partial charge in [0.05, 0.1) is 0 Å². The van der Waals surface area contributed by atoms with Crippen LogP contribution in [-0.2, 0) is 5.54 Å². The van der Waals surface area contributed by atoms with Gasteiger partial charge in [0.25, 0.3) is 0 Å². The summed E-state index contributed by atoms with van der Waals surface area (Å²) in [5.41, 5.74) is 10.4. The highest BCUT2D eigenvalue weighted by Crippen LogP contribution is 2.36. The van der Waals surface area contributed by atoms with Crippen molar-refractivity contribution in [3.8, 4) is 0 Å². The number of aryl methyl sites for hydroxylation is 2. The van der Waals surface area contributed by atoms with Gasteiger partial charge < -0.3 is 5.73 Å². The normalized spacial score (nSPS) is 19.0. The van der Waals surface area contributed by atoms with Crippen LogP contribution in [0.3, 0.4) is 0 Å². The molecule has 1 fully saturated rings. The fraction of sp³-hybridized carbons (Fsp3) is 0.533. The van der Waals surface area contributed by atoms with Crippen molar-refractivity contribution in [1.29, 1.82) is 0 Å². The highest BCUT2D eigenvalue weighted by atomic mass is 16.1. The van der Waals surface area contributed by atoms with Gasteiger partial charge in [0.1, 0.15) is 6.29 Å². The summed E-state index contributed by atoms with van der Waals surface area (Å²) in [7, 11) is 0. The molecule has 0 amide bonds. The van der Waals surface area contributed by atoms with E-state index in [4.69, 9.17) is 5.73 Å². The zero-order chi connectivity index (χ0) is 12.5. The third kappa shape index (κ3) is 2.27. The maximum absolute atomic E-state index is 11.2. The van der Waals surface area contributed by atoms with Crippen LogP contribution in [0.4, 0.5) is 0 Å². The van der Waals surface area contributed by atoms with Crippen LogP contribution in [0.2, 0.25) is 0 Å². The average Bonchev–Trinajstić information content (AvgIpc) is 2.33. The van der Waals surface area contributed by atoms with Crippen LogP contribution in [-0.4, -0.2) is 6.29 Å². The largest absolute Gasteiger partial charge is 0.321 e. The number of hydrogen-bond acceptors (Lipinski definition) is 2. The number of nitrogens with two attached hydrogens (primary N) is 1. The highest BCUT2D eigenvalue weighted by molar-refractivity contribution is 5.78. The number of aldehydes is 1. The van der Waals surface area contributed by atoms with Gasteiger partial charge >= 0.3 is 0 Å². The molecule has 1 saturated carbocycles. The average molecular weight is 231 g/mol. The van der Waals surface area contributed by atoms with Crippen LogP contribution in [0.1, 0.15) is 59.2 Å². The second kappa shape index (κ2) is 4.61. The van der Waals surface area contributed by atoms with Crippen LogP contribution in [0.25, 0.3) is 0 Å². The van der Waals surface area contributed by atoms with E-state index < -0.39 is 0 Å². The lowest BCUT2D eigenvalue weighted by Crippen LogP contribution is -2.39. The molecule has 0 unspecified atom stereocenters. The van der Waals surface area contributed by atoms with Crippen LogP contribution in [0, 0.1) is 13.8 Å². The van der Waals surface area contributed by atoms with E-state index in [1.54, 1.807) is 0 Å². The fourth-order valence-electron chi connectivity index (χ4n) is 2.82. The van der Waals surface area contributed by atoms with Gasteiger partial charge in [0, 0.05) is 11.1 Å². The number of hydrogen-bond donors (Lipinski definition) is 1. The molecule has 0 radical (unpaired) electrons. The summed E-state index contributed by atoms with van der Waals surface area (Å²) in [4.78, 5) is 11.2. The molecule has 0 spiro atoms. The molecule has 0 heterocycles. The third-order valence-corrected chi connectivity index (χ3v) is 4.08. The van der Waals surface area contributed by atoms with Crippen LogP contribution in [0.15, 0.2) is 12.1 Å². The Morgan fingerprint density at radius 2 is 1.71 bits per heavy atom. The molecule has 2 rings (SSSR count). The summed E-state index contributed by atoms with van der Waals surface area (Å²) in [6, 6.07) is 4.09. The predicted molar refractivity (Wildman–Crippen MR) is 70.3 cm³/mol. The second-order valence-electron chi connectivity index (χ2n) is 5.36. The molecule has 0 atom stereocenters. The molecule has 2 nitrogen and oxygen atoms in total. The summed E-state index contributed by atoms with van der Waals surface area (Å²) in [6.45, 7) is 4.12. The van der Waals surface area contributed by atoms with Crippen molar-refractivity contribution in [3.05, 3.63) is 34.4 Å². The van der Waals surface area contributed by atoms with Crippen molar-refractivity contribution in [1.82, 2.24) is 0 Å². The van der Waals surface area contributed by atoms with E-state index in [0.29, 0.717) is 0 Å². The topological polar surface area (TPSA) is 43.1 Å². The molecule has 1 aromatic carbocycles. The second-order valence-corrected chi connectivity index (χ2v) is 5.36. The first-order valence-corrected chi connectivity index (χ1v) is 6.42. The molecule has 1 aliphatic rings. The van der Waals surface area contributed by atoms with Crippen LogP contribution >= 0.6 is 0 Å². The SMILES string of the molecule is Cc1cc(C=O)c(C2(N)CCCCC2)cc1C. The Kier molecular flexibility index (Phi) is 3.34. The first kappa shape index (κ1) is 12.3. The molecule has 1 aliphatic carbocycles. The molecule has 17 heavy (non-hydrogen) atoms. The van der Waals surface area contributed by atoms with Gasteiger partial charge in [-0.05, 0) is 49.4 Å². The van der Waals surface area contributed by atoms with Crippen molar-refractivity contribution < 1.29 is 4.79 Å². The summed E-state index contributed by atoms with van der Waals surface area (Å²) < 4.78 is 0. The minimum atomic E-state index is -0.285. The zero-order valence-electron chi connectivity index (χ0n) is 10.8. The fourth-order valence-corrected chi connectivity index (χ4v) is 2.82. The van der Waals surface area contributed by atoms with E-state index in [9.17, 15) is 4.79 Å². The standard InChI is InChI=1S/C15H21NO/c1-11-8-13(10-17)14(9-12(11)2)15(16)6-4-3-5-7-15/h8-10H,3-7,16H2,1-2H3. The molecule has 92 valence electrons. The Bertz CT molecular complexity index is 431. The molecule has 0 aromatic heterocycles. The maximum Gasteiger partial charge on any atom is 0.150 e. The van der Waals surface area contributed by atoms with Gasteiger partial charge in [-0.1, -0.05) is 25.3 Å². The summed E-state index contributed by atoms with van der Waals surface area (Å²) in [6.07, 6.45) is 6.54. The Hall–Kier alpha value is -1.15. The Morgan fingerprint density at radius 1 is 1.12 bits per heavy atom. The van der Waals surface area contributed by atoms with Gasteiger partial charge in [-0.3, -0.25) is 4.79 Å². The predicted octanol–water partition coefficient (Wildman–Crippen LogP) is 3.23. The molecule has 2 heteroatoms. The first-order valence-electron chi connectivity index (χ1n) is 6.42. The Labute approximate surface area is 103 Å². The van der Waals surface area contributed by atoms with Crippen LogP contribution in [0.5, 0.6) is 0 Å². The van der Waals surface area contributed by atoms with Crippen molar-refractivity contribution in [2.45, 2.75) is 51.5 Å². The number of carbonyl (C=O) groups is 1. The van der Waals surface area contributed by atoms with Crippen molar-refractivity contribution in [3.63, 3.8) is 0 Å². The highest BCUT2D eigenvalue weighted by Gasteiger charge is 2.31. The Balaban J connectivity index is 2.49. The van der Waals surface area contributed by atoms with E-state index in [1.165, 1.54) is 24.8 Å². The summed E-state index contributed by atoms with van der Waals surface area (Å²) >= 11 is 0. The molecular formula is C15H21NO. The molecule has 0 aliphatic heterocycles. The molecule has 0 bridgehead atoms. The lowest BCUT2D eigenvalue weighted by Gasteiger charge is -2.35. The van der Waals surface area contributed by atoms with Crippen molar-refractivity contribution in [2.75, 3.05) is 0 Å². The third-order valence-electron chi connectivity index (χ3n) is 4.08. The van der Waals surface area contributed by atoms with Crippen LogP contribution < -0.4 is 5.73 Å². The van der Waals surface area contributed by atoms with Gasteiger partial charge in [-0.25, -0.2) is 0 Å². The zero-order valence-corrected chi connectivity index (χ0v) is 10.8. The maximum atomic E-state index is 11.2. The smallest absolute Gasteiger partial charge is 0.150 e. The van der Waals surface area contributed by atoms with E-state index in [1.807, 2.05) is 13.0 Å². The van der Waals surface area contributed by atoms with Gasteiger partial charge in [0.15, 0.2) is 0 Å².